The Kier molecular flexibility index (Phi) is 6.25. The van der Waals surface area contributed by atoms with E-state index >= 15 is 0 Å². The molecule has 0 aromatic heterocycles. The van der Waals surface area contributed by atoms with Crippen LogP contribution in [0, 0.1) is 0 Å². The summed E-state index contributed by atoms with van der Waals surface area (Å²) in [6.45, 7) is 2.89. The summed E-state index contributed by atoms with van der Waals surface area (Å²) in [6.07, 6.45) is 4.68. The number of ketones is 2. The molecular formula is C25H29NO5. The second kappa shape index (κ2) is 9.08. The monoisotopic (exact) mass is 423 g/mol. The van der Waals surface area contributed by atoms with Crippen molar-refractivity contribution in [3.8, 4) is 5.75 Å². The van der Waals surface area contributed by atoms with Gasteiger partial charge in [-0.1, -0.05) is 25.1 Å². The highest BCUT2D eigenvalue weighted by Gasteiger charge is 2.44. The van der Waals surface area contributed by atoms with Crippen molar-refractivity contribution in [2.24, 2.45) is 0 Å². The van der Waals surface area contributed by atoms with Gasteiger partial charge in [-0.3, -0.25) is 14.4 Å². The molecule has 0 atom stereocenters. The largest absolute Gasteiger partial charge is 0.493 e. The summed E-state index contributed by atoms with van der Waals surface area (Å²) >= 11 is 0. The molecule has 1 aromatic rings. The molecule has 0 saturated heterocycles. The lowest BCUT2D eigenvalue weighted by Crippen LogP contribution is -2.40. The van der Waals surface area contributed by atoms with Gasteiger partial charge in [0.1, 0.15) is 5.75 Å². The van der Waals surface area contributed by atoms with Gasteiger partial charge in [0.15, 0.2) is 11.6 Å². The third-order valence-corrected chi connectivity index (χ3v) is 6.33. The van der Waals surface area contributed by atoms with Gasteiger partial charge in [-0.25, -0.2) is 0 Å². The lowest BCUT2D eigenvalue weighted by Gasteiger charge is -2.44. The molecule has 0 unspecified atom stereocenters. The molecule has 6 heteroatoms. The highest BCUT2D eigenvalue weighted by atomic mass is 16.5. The summed E-state index contributed by atoms with van der Waals surface area (Å²) in [5, 5.41) is 9.28. The number of benzene rings is 1. The van der Waals surface area contributed by atoms with Gasteiger partial charge in [0.05, 0.1) is 13.0 Å². The van der Waals surface area contributed by atoms with Crippen LogP contribution in [-0.4, -0.2) is 40.7 Å². The number of carboxylic acids is 1. The Bertz CT molecular complexity index is 930. The summed E-state index contributed by atoms with van der Waals surface area (Å²) in [4.78, 5) is 39.8. The molecule has 6 nitrogen and oxygen atoms in total. The fourth-order valence-electron chi connectivity index (χ4n) is 5.07. The van der Waals surface area contributed by atoms with Crippen LogP contribution in [0.5, 0.6) is 5.75 Å². The van der Waals surface area contributed by atoms with Gasteiger partial charge in [0.2, 0.25) is 0 Å². The first-order valence-electron chi connectivity index (χ1n) is 11.3. The zero-order valence-corrected chi connectivity index (χ0v) is 18.0. The maximum absolute atomic E-state index is 13.2. The zero-order chi connectivity index (χ0) is 22.0. The Morgan fingerprint density at radius 1 is 1.03 bits per heavy atom. The molecule has 1 heterocycles. The molecule has 31 heavy (non-hydrogen) atoms. The topological polar surface area (TPSA) is 83.9 Å². The number of ether oxygens (including phenoxy) is 1. The average Bonchev–Trinajstić information content (AvgIpc) is 2.76. The minimum atomic E-state index is -0.881. The van der Waals surface area contributed by atoms with Crippen LogP contribution in [-0.2, 0) is 14.4 Å². The predicted octanol–water partition coefficient (Wildman–Crippen LogP) is 4.36. The van der Waals surface area contributed by atoms with Crippen LogP contribution in [0.1, 0.15) is 69.8 Å². The van der Waals surface area contributed by atoms with E-state index < -0.39 is 11.9 Å². The van der Waals surface area contributed by atoms with Crippen molar-refractivity contribution < 1.29 is 24.2 Å². The predicted molar refractivity (Wildman–Crippen MR) is 116 cm³/mol. The minimum absolute atomic E-state index is 0.0309. The van der Waals surface area contributed by atoms with E-state index in [1.165, 1.54) is 0 Å². The average molecular weight is 424 g/mol. The number of Topliss-reactive ketones (excluding diaryl/α,β-unsaturated/α-hetero) is 2. The van der Waals surface area contributed by atoms with E-state index in [2.05, 4.69) is 0 Å². The van der Waals surface area contributed by atoms with E-state index in [1.807, 2.05) is 36.1 Å². The number of allylic oxidation sites excluding steroid dienone is 4. The van der Waals surface area contributed by atoms with Gasteiger partial charge in [0, 0.05) is 53.4 Å². The Balaban J connectivity index is 1.90. The molecule has 4 rings (SSSR count). The Morgan fingerprint density at radius 2 is 1.65 bits per heavy atom. The van der Waals surface area contributed by atoms with E-state index in [9.17, 15) is 19.5 Å². The summed E-state index contributed by atoms with van der Waals surface area (Å²) in [5.74, 6) is -0.485. The second-order valence-electron chi connectivity index (χ2n) is 8.39. The number of para-hydroxylation sites is 1. The number of carbonyl (C=O) groups is 3. The summed E-state index contributed by atoms with van der Waals surface area (Å²) in [5.41, 5.74) is 4.00. The van der Waals surface area contributed by atoms with Crippen LogP contribution in [0.2, 0.25) is 0 Å². The van der Waals surface area contributed by atoms with Gasteiger partial charge < -0.3 is 14.7 Å². The SMILES string of the molecule is CCCOc1ccccc1C1C2=C(CCCC2=O)N(CCC(=O)O)C2=C1C(=O)CCC2. The number of hydrogen-bond acceptors (Lipinski definition) is 5. The molecule has 164 valence electrons. The van der Waals surface area contributed by atoms with Crippen LogP contribution < -0.4 is 4.74 Å². The molecule has 1 N–H and O–H groups in total. The molecule has 0 saturated carbocycles. The summed E-state index contributed by atoms with van der Waals surface area (Å²) in [6, 6.07) is 7.70. The first-order chi connectivity index (χ1) is 15.0. The molecule has 0 radical (unpaired) electrons. The third kappa shape index (κ3) is 4.03. The van der Waals surface area contributed by atoms with Crippen LogP contribution in [0.25, 0.3) is 0 Å². The molecule has 0 bridgehead atoms. The molecule has 0 fully saturated rings. The highest BCUT2D eigenvalue weighted by Crippen LogP contribution is 2.50. The highest BCUT2D eigenvalue weighted by molar-refractivity contribution is 6.06. The molecule has 0 spiro atoms. The van der Waals surface area contributed by atoms with Gasteiger partial charge in [0.25, 0.3) is 0 Å². The maximum atomic E-state index is 13.2. The van der Waals surface area contributed by atoms with Crippen LogP contribution in [0.15, 0.2) is 46.8 Å². The van der Waals surface area contributed by atoms with Gasteiger partial charge >= 0.3 is 5.97 Å². The van der Waals surface area contributed by atoms with Crippen molar-refractivity contribution in [2.45, 2.75) is 64.2 Å². The molecular weight excluding hydrogens is 394 g/mol. The molecule has 1 aromatic carbocycles. The Morgan fingerprint density at radius 3 is 2.23 bits per heavy atom. The van der Waals surface area contributed by atoms with Gasteiger partial charge in [-0.2, -0.15) is 0 Å². The van der Waals surface area contributed by atoms with E-state index in [0.717, 1.165) is 49.1 Å². The lowest BCUT2D eigenvalue weighted by atomic mass is 9.70. The van der Waals surface area contributed by atoms with Crippen molar-refractivity contribution in [3.63, 3.8) is 0 Å². The molecule has 1 aliphatic heterocycles. The zero-order valence-electron chi connectivity index (χ0n) is 18.0. The number of rotatable bonds is 7. The van der Waals surface area contributed by atoms with Crippen LogP contribution in [0.4, 0.5) is 0 Å². The van der Waals surface area contributed by atoms with E-state index in [4.69, 9.17) is 4.74 Å². The summed E-state index contributed by atoms with van der Waals surface area (Å²) in [7, 11) is 0. The van der Waals surface area contributed by atoms with Crippen LogP contribution in [0.3, 0.4) is 0 Å². The first-order valence-corrected chi connectivity index (χ1v) is 11.3. The second-order valence-corrected chi connectivity index (χ2v) is 8.39. The van der Waals surface area contributed by atoms with Gasteiger partial charge in [-0.05, 0) is 38.2 Å². The Labute approximate surface area is 182 Å². The number of carbonyl (C=O) groups excluding carboxylic acids is 2. The van der Waals surface area contributed by atoms with E-state index in [1.54, 1.807) is 0 Å². The smallest absolute Gasteiger partial charge is 0.305 e. The third-order valence-electron chi connectivity index (χ3n) is 6.33. The summed E-state index contributed by atoms with van der Waals surface area (Å²) < 4.78 is 6.02. The van der Waals surface area contributed by atoms with Crippen LogP contribution >= 0.6 is 0 Å². The number of aliphatic carboxylic acids is 1. The molecule has 2 aliphatic carbocycles. The molecule has 3 aliphatic rings. The van der Waals surface area contributed by atoms with Crippen molar-refractivity contribution in [1.82, 2.24) is 4.90 Å². The fourth-order valence-corrected chi connectivity index (χ4v) is 5.07. The first kappa shape index (κ1) is 21.3. The van der Waals surface area contributed by atoms with Crippen molar-refractivity contribution >= 4 is 17.5 Å². The standard InChI is InChI=1S/C25H29NO5/c1-2-15-31-21-12-4-3-7-16(21)23-24-17(8-5-10-19(24)27)26(14-13-22(29)30)18-9-6-11-20(28)25(18)23/h3-4,7,12,23H,2,5-6,8-11,13-15H2,1H3,(H,29,30). The fraction of sp³-hybridized carbons (Fsp3) is 0.480. The molecule has 0 amide bonds. The van der Waals surface area contributed by atoms with E-state index in [-0.39, 0.29) is 24.5 Å². The van der Waals surface area contributed by atoms with Crippen molar-refractivity contribution in [3.05, 3.63) is 52.4 Å². The quantitative estimate of drug-likeness (QED) is 0.701. The number of hydrogen-bond donors (Lipinski definition) is 1. The van der Waals surface area contributed by atoms with Crippen molar-refractivity contribution in [1.29, 1.82) is 0 Å². The van der Waals surface area contributed by atoms with E-state index in [0.29, 0.717) is 36.3 Å². The maximum Gasteiger partial charge on any atom is 0.305 e. The normalized spacial score (nSPS) is 19.5. The van der Waals surface area contributed by atoms with Gasteiger partial charge in [-0.15, -0.1) is 0 Å². The Hall–Kier alpha value is -2.89. The number of carboxylic acid groups (broad SMARTS) is 1. The number of nitrogens with zero attached hydrogens (tertiary/aromatic N) is 1. The minimum Gasteiger partial charge on any atom is -0.493 e. The van der Waals surface area contributed by atoms with Crippen molar-refractivity contribution in [2.75, 3.05) is 13.2 Å². The lowest BCUT2D eigenvalue weighted by molar-refractivity contribution is -0.137.